The molecule has 0 radical (unpaired) electrons. The number of nitrogens with zero attached hydrogens (tertiary/aromatic N) is 6. The minimum atomic E-state index is -0.417. The van der Waals surface area contributed by atoms with Gasteiger partial charge in [-0.15, -0.1) is 10.2 Å². The smallest absolute Gasteiger partial charge is 0.273 e. The van der Waals surface area contributed by atoms with E-state index in [0.29, 0.717) is 17.1 Å². The van der Waals surface area contributed by atoms with Gasteiger partial charge in [0.05, 0.1) is 36.4 Å². The summed E-state index contributed by atoms with van der Waals surface area (Å²) >= 11 is 0. The number of carbonyl (C=O) groups is 2. The van der Waals surface area contributed by atoms with Crippen molar-refractivity contribution in [1.29, 1.82) is 0 Å². The molecular weight excluding hydrogens is 550 g/mol. The molecular formula is C30H33N9O4. The largest absolute Gasteiger partial charge is 0.494 e. The van der Waals surface area contributed by atoms with Crippen molar-refractivity contribution in [2.75, 3.05) is 45.0 Å². The third-order valence-electron chi connectivity index (χ3n) is 7.60. The van der Waals surface area contributed by atoms with Crippen molar-refractivity contribution in [1.82, 2.24) is 35.2 Å². The maximum Gasteiger partial charge on any atom is 0.273 e. The summed E-state index contributed by atoms with van der Waals surface area (Å²) in [6.45, 7) is 1.54. The lowest BCUT2D eigenvalue weighted by Crippen LogP contribution is -2.50. The predicted molar refractivity (Wildman–Crippen MR) is 159 cm³/mol. The molecule has 13 nitrogen and oxygen atoms in total. The second-order valence-corrected chi connectivity index (χ2v) is 10.5. The predicted octanol–water partition coefficient (Wildman–Crippen LogP) is 3.40. The molecule has 4 heterocycles. The molecule has 2 fully saturated rings. The Labute approximate surface area is 248 Å². The molecule has 1 saturated heterocycles. The third kappa shape index (κ3) is 5.90. The molecule has 2 amide bonds. The summed E-state index contributed by atoms with van der Waals surface area (Å²) in [5, 5.41) is 21.4. The van der Waals surface area contributed by atoms with Crippen LogP contribution in [0.5, 0.6) is 5.75 Å². The van der Waals surface area contributed by atoms with E-state index in [-0.39, 0.29) is 35.6 Å². The average Bonchev–Trinajstić information content (AvgIpc) is 3.76. The number of hydrogen-bond donors (Lipinski definition) is 3. The Balaban J connectivity index is 1.22. The number of nitrogens with one attached hydrogen (secondary N) is 3. The zero-order valence-electron chi connectivity index (χ0n) is 24.2. The molecule has 6 rings (SSSR count). The van der Waals surface area contributed by atoms with Crippen LogP contribution in [0.25, 0.3) is 11.1 Å². The number of benzene rings is 1. The maximum atomic E-state index is 12.6. The van der Waals surface area contributed by atoms with Crippen molar-refractivity contribution >= 4 is 29.0 Å². The highest BCUT2D eigenvalue weighted by Crippen LogP contribution is 2.39. The topological polar surface area (TPSA) is 148 Å². The molecule has 1 aromatic carbocycles. The lowest BCUT2D eigenvalue weighted by molar-refractivity contribution is -0.117. The Morgan fingerprint density at radius 2 is 1.88 bits per heavy atom. The van der Waals surface area contributed by atoms with Crippen molar-refractivity contribution in [3.63, 3.8) is 0 Å². The Kier molecular flexibility index (Phi) is 7.99. The van der Waals surface area contributed by atoms with E-state index in [1.54, 1.807) is 26.5 Å². The van der Waals surface area contributed by atoms with Crippen molar-refractivity contribution in [3.05, 3.63) is 72.4 Å². The first-order valence-electron chi connectivity index (χ1n) is 14.1. The molecule has 3 aromatic heterocycles. The highest BCUT2D eigenvalue weighted by atomic mass is 16.5. The Morgan fingerprint density at radius 1 is 1.05 bits per heavy atom. The minimum Gasteiger partial charge on any atom is -0.494 e. The molecule has 13 heteroatoms. The van der Waals surface area contributed by atoms with Crippen LogP contribution >= 0.6 is 0 Å². The second kappa shape index (κ2) is 12.2. The highest BCUT2D eigenvalue weighted by Gasteiger charge is 2.35. The number of carbonyl (C=O) groups excluding carboxylic acids is 2. The molecule has 1 aliphatic heterocycles. The molecule has 222 valence electrons. The van der Waals surface area contributed by atoms with Gasteiger partial charge in [-0.2, -0.15) is 5.10 Å². The van der Waals surface area contributed by atoms with Crippen molar-refractivity contribution in [2.24, 2.45) is 5.92 Å². The minimum absolute atomic E-state index is 0.000182. The molecule has 1 atom stereocenters. The van der Waals surface area contributed by atoms with Crippen LogP contribution in [0, 0.1) is 5.92 Å². The zero-order valence-corrected chi connectivity index (χ0v) is 24.2. The van der Waals surface area contributed by atoms with Crippen LogP contribution in [0.15, 0.2) is 61.1 Å². The number of hydrogen-bond acceptors (Lipinski definition) is 10. The van der Waals surface area contributed by atoms with Gasteiger partial charge in [-0.3, -0.25) is 24.2 Å². The monoisotopic (exact) mass is 583 g/mol. The lowest BCUT2D eigenvalue weighted by Gasteiger charge is -2.43. The van der Waals surface area contributed by atoms with Crippen molar-refractivity contribution in [3.8, 4) is 16.9 Å². The van der Waals surface area contributed by atoms with E-state index in [1.165, 1.54) is 7.05 Å². The van der Waals surface area contributed by atoms with Gasteiger partial charge >= 0.3 is 0 Å². The second-order valence-electron chi connectivity index (χ2n) is 10.5. The summed E-state index contributed by atoms with van der Waals surface area (Å²) in [4.78, 5) is 31.6. The van der Waals surface area contributed by atoms with Crippen LogP contribution in [-0.4, -0.2) is 76.0 Å². The van der Waals surface area contributed by atoms with Crippen molar-refractivity contribution < 1.29 is 19.1 Å². The number of pyridine rings is 1. The molecule has 0 spiro atoms. The van der Waals surface area contributed by atoms with E-state index in [0.717, 1.165) is 42.8 Å². The summed E-state index contributed by atoms with van der Waals surface area (Å²) in [5.74, 6) is 0.306. The molecule has 3 N–H and O–H groups in total. The molecule has 0 bridgehead atoms. The number of amides is 2. The fourth-order valence-electron chi connectivity index (χ4n) is 5.14. The van der Waals surface area contributed by atoms with Crippen LogP contribution in [0.4, 0.5) is 17.2 Å². The Morgan fingerprint density at radius 3 is 2.58 bits per heavy atom. The summed E-state index contributed by atoms with van der Waals surface area (Å²) in [7, 11) is 4.80. The SMILES string of the molecule is CNC(=O)c1nnc(NC(=O)C2CC2)cc1Nc1cccc(-c2cnn(C3CN([C@@H](OC)c4ccccn4)C3)c2)c1OC. The van der Waals surface area contributed by atoms with E-state index >= 15 is 0 Å². The van der Waals surface area contributed by atoms with E-state index in [4.69, 9.17) is 9.47 Å². The van der Waals surface area contributed by atoms with Crippen LogP contribution in [-0.2, 0) is 9.53 Å². The zero-order chi connectivity index (χ0) is 29.9. The first-order chi connectivity index (χ1) is 21.0. The van der Waals surface area contributed by atoms with Gasteiger partial charge in [-0.05, 0) is 31.0 Å². The van der Waals surface area contributed by atoms with Crippen LogP contribution < -0.4 is 20.7 Å². The lowest BCUT2D eigenvalue weighted by atomic mass is 10.1. The van der Waals surface area contributed by atoms with E-state index < -0.39 is 5.91 Å². The number of para-hydroxylation sites is 1. The van der Waals surface area contributed by atoms with Gasteiger partial charge in [-0.25, -0.2) is 0 Å². The van der Waals surface area contributed by atoms with Crippen LogP contribution in [0.2, 0.25) is 0 Å². The standard InChI is InChI=1S/C30H33N9O4/c1-31-29(41)26-24(13-25(36-37-26)35-28(40)18-10-11-18)34-22-9-6-7-21(27(22)42-2)19-14-33-39(15-19)20-16-38(17-20)30(43-3)23-8-4-5-12-32-23/h4-9,12-15,18,20,30H,10-11,16-17H2,1-3H3,(H,31,41)(H2,34,35,36,40)/t30-/m0/s1. The van der Waals surface area contributed by atoms with Gasteiger partial charge in [0, 0.05) is 62.8 Å². The molecule has 43 heavy (non-hydrogen) atoms. The maximum absolute atomic E-state index is 12.6. The molecule has 1 saturated carbocycles. The average molecular weight is 584 g/mol. The van der Waals surface area contributed by atoms with Gasteiger partial charge in [0.2, 0.25) is 5.91 Å². The summed E-state index contributed by atoms with van der Waals surface area (Å²) in [5.41, 5.74) is 3.65. The summed E-state index contributed by atoms with van der Waals surface area (Å²) in [6.07, 6.45) is 7.09. The van der Waals surface area contributed by atoms with E-state index in [9.17, 15) is 9.59 Å². The fraction of sp³-hybridized carbons (Fsp3) is 0.333. The Hall–Kier alpha value is -4.88. The molecule has 0 unspecified atom stereocenters. The van der Waals surface area contributed by atoms with Gasteiger partial charge in [0.15, 0.2) is 17.7 Å². The van der Waals surface area contributed by atoms with Gasteiger partial charge in [0.1, 0.15) is 5.75 Å². The number of likely N-dealkylation sites (tertiary alicyclic amines) is 1. The molecule has 1 aliphatic carbocycles. The fourth-order valence-corrected chi connectivity index (χ4v) is 5.14. The van der Waals surface area contributed by atoms with Gasteiger partial charge < -0.3 is 25.4 Å². The van der Waals surface area contributed by atoms with E-state index in [2.05, 4.69) is 41.1 Å². The van der Waals surface area contributed by atoms with Gasteiger partial charge in [0.25, 0.3) is 5.91 Å². The number of methoxy groups -OCH3 is 2. The number of ether oxygens (including phenoxy) is 2. The number of anilines is 3. The molecule has 4 aromatic rings. The summed E-state index contributed by atoms with van der Waals surface area (Å²) in [6, 6.07) is 13.3. The van der Waals surface area contributed by atoms with Crippen LogP contribution in [0.1, 0.15) is 41.3 Å². The Bertz CT molecular complexity index is 1620. The quantitative estimate of drug-likeness (QED) is 0.240. The highest BCUT2D eigenvalue weighted by molar-refractivity contribution is 6.00. The van der Waals surface area contributed by atoms with E-state index in [1.807, 2.05) is 53.5 Å². The molecule has 2 aliphatic rings. The summed E-state index contributed by atoms with van der Waals surface area (Å²) < 4.78 is 13.5. The third-order valence-corrected chi connectivity index (χ3v) is 7.60. The number of rotatable bonds is 11. The normalized spacial score (nSPS) is 15.8. The number of aromatic nitrogens is 5. The van der Waals surface area contributed by atoms with Gasteiger partial charge in [-0.1, -0.05) is 18.2 Å². The van der Waals surface area contributed by atoms with Crippen molar-refractivity contribution in [2.45, 2.75) is 25.1 Å². The first kappa shape index (κ1) is 28.2. The first-order valence-corrected chi connectivity index (χ1v) is 14.1. The van der Waals surface area contributed by atoms with Crippen LogP contribution in [0.3, 0.4) is 0 Å².